The van der Waals surface area contributed by atoms with E-state index in [4.69, 9.17) is 0 Å². The van der Waals surface area contributed by atoms with Gasteiger partial charge in [0.25, 0.3) is 0 Å². The van der Waals surface area contributed by atoms with Gasteiger partial charge in [-0.2, -0.15) is 0 Å². The summed E-state index contributed by atoms with van der Waals surface area (Å²) in [5, 5.41) is 0. The van der Waals surface area contributed by atoms with E-state index < -0.39 is 0 Å². The minimum Gasteiger partial charge on any atom is -0.303 e. The van der Waals surface area contributed by atoms with Crippen LogP contribution in [0.5, 0.6) is 0 Å². The van der Waals surface area contributed by atoms with Crippen LogP contribution in [0.1, 0.15) is 36.3 Å². The Morgan fingerprint density at radius 1 is 1.36 bits per heavy atom. The molecule has 2 rings (SSSR count). The van der Waals surface area contributed by atoms with Crippen LogP contribution in [0, 0.1) is 12.8 Å². The Morgan fingerprint density at radius 2 is 2.00 bits per heavy atom. The molecule has 1 unspecified atom stereocenters. The van der Waals surface area contributed by atoms with E-state index in [1.807, 2.05) is 0 Å². The molecule has 0 radical (unpaired) electrons. The second kappa shape index (κ2) is 3.95. The molecule has 1 heteroatoms. The average Bonchev–Trinajstić information content (AvgIpc) is 2.99. The van der Waals surface area contributed by atoms with Crippen LogP contribution in [0.25, 0.3) is 0 Å². The van der Waals surface area contributed by atoms with Crippen molar-refractivity contribution >= 4 is 6.29 Å². The number of hydrogen-bond donors (Lipinski definition) is 0. The van der Waals surface area contributed by atoms with Crippen molar-refractivity contribution in [2.24, 2.45) is 5.92 Å². The molecule has 0 spiro atoms. The topological polar surface area (TPSA) is 17.1 Å². The van der Waals surface area contributed by atoms with Gasteiger partial charge >= 0.3 is 0 Å². The van der Waals surface area contributed by atoms with Crippen LogP contribution in [-0.4, -0.2) is 6.29 Å². The van der Waals surface area contributed by atoms with Gasteiger partial charge in [0.1, 0.15) is 6.29 Å². The van der Waals surface area contributed by atoms with Crippen LogP contribution in [0.15, 0.2) is 24.3 Å². The monoisotopic (exact) mass is 188 g/mol. The molecule has 1 fully saturated rings. The molecule has 1 nitrogen and oxygen atoms in total. The lowest BCUT2D eigenvalue weighted by Gasteiger charge is -2.13. The normalized spacial score (nSPS) is 17.8. The molecule has 1 aliphatic carbocycles. The van der Waals surface area contributed by atoms with E-state index in [1.54, 1.807) is 0 Å². The summed E-state index contributed by atoms with van der Waals surface area (Å²) in [6.45, 7) is 2.09. The lowest BCUT2D eigenvalue weighted by Crippen LogP contribution is -2.01. The van der Waals surface area contributed by atoms with Crippen LogP contribution in [0.4, 0.5) is 0 Å². The predicted octanol–water partition coefficient (Wildman–Crippen LogP) is 3.08. The van der Waals surface area contributed by atoms with Crippen molar-refractivity contribution in [3.63, 3.8) is 0 Å². The molecule has 0 aromatic heterocycles. The van der Waals surface area contributed by atoms with Crippen LogP contribution >= 0.6 is 0 Å². The maximum Gasteiger partial charge on any atom is 0.120 e. The average molecular weight is 188 g/mol. The highest BCUT2D eigenvalue weighted by molar-refractivity contribution is 5.52. The summed E-state index contributed by atoms with van der Waals surface area (Å²) in [6.07, 6.45) is 4.34. The van der Waals surface area contributed by atoms with Crippen molar-refractivity contribution in [3.05, 3.63) is 35.4 Å². The molecule has 0 aliphatic heterocycles. The zero-order chi connectivity index (χ0) is 9.97. The van der Waals surface area contributed by atoms with E-state index in [0.717, 1.165) is 12.2 Å². The van der Waals surface area contributed by atoms with E-state index in [0.29, 0.717) is 12.3 Å². The van der Waals surface area contributed by atoms with E-state index in [1.165, 1.54) is 24.0 Å². The SMILES string of the molecule is Cc1ccc(C(CC=O)C2CC2)cc1. The van der Waals surface area contributed by atoms with Crippen LogP contribution < -0.4 is 0 Å². The number of carbonyl (C=O) groups excluding carboxylic acids is 1. The second-order valence-corrected chi connectivity index (χ2v) is 4.26. The Balaban J connectivity index is 2.16. The van der Waals surface area contributed by atoms with Gasteiger partial charge in [0.05, 0.1) is 0 Å². The first kappa shape index (κ1) is 9.45. The van der Waals surface area contributed by atoms with Crippen molar-refractivity contribution in [2.45, 2.75) is 32.1 Å². The summed E-state index contributed by atoms with van der Waals surface area (Å²) in [5.74, 6) is 1.25. The van der Waals surface area contributed by atoms with Crippen molar-refractivity contribution in [1.82, 2.24) is 0 Å². The quantitative estimate of drug-likeness (QED) is 0.664. The van der Waals surface area contributed by atoms with E-state index >= 15 is 0 Å². The van der Waals surface area contributed by atoms with E-state index in [-0.39, 0.29) is 0 Å². The Bertz CT molecular complexity index is 309. The Labute approximate surface area is 85.1 Å². The summed E-state index contributed by atoms with van der Waals surface area (Å²) >= 11 is 0. The summed E-state index contributed by atoms with van der Waals surface area (Å²) in [6, 6.07) is 8.61. The van der Waals surface area contributed by atoms with Gasteiger partial charge in [-0.25, -0.2) is 0 Å². The van der Waals surface area contributed by atoms with Gasteiger partial charge in [0.15, 0.2) is 0 Å². The van der Waals surface area contributed by atoms with E-state index in [9.17, 15) is 4.79 Å². The molecule has 1 saturated carbocycles. The van der Waals surface area contributed by atoms with Crippen molar-refractivity contribution in [1.29, 1.82) is 0 Å². The van der Waals surface area contributed by atoms with Gasteiger partial charge in [0.2, 0.25) is 0 Å². The van der Waals surface area contributed by atoms with Crippen molar-refractivity contribution in [2.75, 3.05) is 0 Å². The maximum absolute atomic E-state index is 10.6. The standard InChI is InChI=1S/C13H16O/c1-10-2-4-11(5-3-10)13(8-9-14)12-6-7-12/h2-5,9,12-13H,6-8H2,1H3. The molecule has 1 atom stereocenters. The summed E-state index contributed by atoms with van der Waals surface area (Å²) in [5.41, 5.74) is 2.62. The number of carbonyl (C=O) groups is 1. The molecule has 1 aromatic rings. The fourth-order valence-electron chi connectivity index (χ4n) is 2.02. The van der Waals surface area contributed by atoms with Crippen LogP contribution in [0.3, 0.4) is 0 Å². The van der Waals surface area contributed by atoms with Gasteiger partial charge in [-0.15, -0.1) is 0 Å². The van der Waals surface area contributed by atoms with Crippen molar-refractivity contribution < 1.29 is 4.79 Å². The predicted molar refractivity (Wildman–Crippen MR) is 57.3 cm³/mol. The summed E-state index contributed by atoms with van der Waals surface area (Å²) in [4.78, 5) is 10.6. The third-order valence-electron chi connectivity index (χ3n) is 3.05. The molecule has 1 aromatic carbocycles. The first-order chi connectivity index (χ1) is 6.81. The minimum atomic E-state index is 0.480. The molecule has 74 valence electrons. The molecule has 0 bridgehead atoms. The molecule has 0 heterocycles. The Kier molecular flexibility index (Phi) is 2.67. The highest BCUT2D eigenvalue weighted by Gasteiger charge is 2.31. The van der Waals surface area contributed by atoms with Gasteiger partial charge in [-0.1, -0.05) is 29.8 Å². The van der Waals surface area contributed by atoms with Crippen LogP contribution in [0.2, 0.25) is 0 Å². The fraction of sp³-hybridized carbons (Fsp3) is 0.462. The zero-order valence-electron chi connectivity index (χ0n) is 8.57. The third kappa shape index (κ3) is 2.03. The maximum atomic E-state index is 10.6. The van der Waals surface area contributed by atoms with E-state index in [2.05, 4.69) is 31.2 Å². The summed E-state index contributed by atoms with van der Waals surface area (Å²) < 4.78 is 0. The van der Waals surface area contributed by atoms with Gasteiger partial charge in [0, 0.05) is 6.42 Å². The largest absolute Gasteiger partial charge is 0.303 e. The Hall–Kier alpha value is -1.11. The summed E-state index contributed by atoms with van der Waals surface area (Å²) in [7, 11) is 0. The lowest BCUT2D eigenvalue weighted by atomic mass is 9.91. The molecule has 14 heavy (non-hydrogen) atoms. The molecular formula is C13H16O. The third-order valence-corrected chi connectivity index (χ3v) is 3.05. The minimum absolute atomic E-state index is 0.480. The van der Waals surface area contributed by atoms with Gasteiger partial charge in [-0.3, -0.25) is 0 Å². The number of hydrogen-bond acceptors (Lipinski definition) is 1. The smallest absolute Gasteiger partial charge is 0.120 e. The highest BCUT2D eigenvalue weighted by atomic mass is 16.1. The second-order valence-electron chi connectivity index (χ2n) is 4.26. The molecular weight excluding hydrogens is 172 g/mol. The number of benzene rings is 1. The molecule has 0 amide bonds. The fourth-order valence-corrected chi connectivity index (χ4v) is 2.02. The highest BCUT2D eigenvalue weighted by Crippen LogP contribution is 2.43. The molecule has 1 aliphatic rings. The van der Waals surface area contributed by atoms with Gasteiger partial charge in [-0.05, 0) is 37.2 Å². The molecule has 0 saturated heterocycles. The Morgan fingerprint density at radius 3 is 2.50 bits per heavy atom. The van der Waals surface area contributed by atoms with Gasteiger partial charge < -0.3 is 4.79 Å². The zero-order valence-corrected chi connectivity index (χ0v) is 8.57. The first-order valence-corrected chi connectivity index (χ1v) is 5.31. The van der Waals surface area contributed by atoms with Crippen molar-refractivity contribution in [3.8, 4) is 0 Å². The molecule has 0 N–H and O–H groups in total. The first-order valence-electron chi connectivity index (χ1n) is 5.31. The number of aldehydes is 1. The van der Waals surface area contributed by atoms with Crippen LogP contribution in [-0.2, 0) is 4.79 Å². The lowest BCUT2D eigenvalue weighted by molar-refractivity contribution is -0.108. The number of aryl methyl sites for hydroxylation is 1. The number of rotatable bonds is 4.